The van der Waals surface area contributed by atoms with E-state index >= 15 is 0 Å². The van der Waals surface area contributed by atoms with E-state index < -0.39 is 17.8 Å². The largest absolute Gasteiger partial charge is 0.465 e. The van der Waals surface area contributed by atoms with E-state index in [0.717, 1.165) is 18.3 Å². The van der Waals surface area contributed by atoms with Crippen molar-refractivity contribution in [1.29, 1.82) is 0 Å². The second-order valence-corrected chi connectivity index (χ2v) is 4.30. The first-order valence-corrected chi connectivity index (χ1v) is 6.64. The second kappa shape index (κ2) is 9.33. The molecule has 1 N–H and O–H groups in total. The molecule has 0 bridgehead atoms. The Hall–Kier alpha value is -3.01. The lowest BCUT2D eigenvalue weighted by Crippen LogP contribution is -2.22. The van der Waals surface area contributed by atoms with Gasteiger partial charge in [-0.15, -0.1) is 0 Å². The maximum atomic E-state index is 12.1. The van der Waals surface area contributed by atoms with Crippen molar-refractivity contribution in [3.05, 3.63) is 59.7 Å². The van der Waals surface area contributed by atoms with Gasteiger partial charge in [-0.25, -0.2) is 10.3 Å². The van der Waals surface area contributed by atoms with E-state index in [2.05, 4.69) is 19.5 Å². The number of alkyl halides is 3. The molecule has 0 aliphatic heterocycles. The quantitative estimate of drug-likeness (QED) is 0.669. The van der Waals surface area contributed by atoms with Gasteiger partial charge in [0.25, 0.3) is 5.91 Å². The molecule has 0 atom stereocenters. The monoisotopic (exact) mass is 357 g/mol. The molecule has 0 aliphatic carbocycles. The lowest BCUT2D eigenvalue weighted by molar-refractivity contribution is -0.141. The fraction of sp³-hybridized carbons (Fsp3) is 0.200. The van der Waals surface area contributed by atoms with Crippen molar-refractivity contribution >= 4 is 11.9 Å². The van der Waals surface area contributed by atoms with Crippen LogP contribution in [0.15, 0.2) is 42.9 Å². The molecule has 2 aromatic rings. The number of esters is 1. The number of carbonyl (C=O) groups is 2. The van der Waals surface area contributed by atoms with Gasteiger partial charge in [0.2, 0.25) is 0 Å². The number of nitrogens with zero attached hydrogens (tertiary/aromatic N) is 2. The van der Waals surface area contributed by atoms with Gasteiger partial charge in [-0.05, 0) is 24.3 Å². The predicted octanol–water partition coefficient (Wildman–Crippen LogP) is 2.26. The normalized spacial score (nSPS) is 10.3. The van der Waals surface area contributed by atoms with Gasteiger partial charge in [0.1, 0.15) is 5.69 Å². The summed E-state index contributed by atoms with van der Waals surface area (Å²) < 4.78 is 40.7. The minimum absolute atomic E-state index is 0.00940. The molecule has 1 amide bonds. The third kappa shape index (κ3) is 6.55. The topological polar surface area (TPSA) is 90.4 Å². The minimum Gasteiger partial charge on any atom is -0.465 e. The van der Waals surface area contributed by atoms with Gasteiger partial charge in [0.05, 0.1) is 25.3 Å². The number of amides is 1. The Morgan fingerprint density at radius 1 is 1.08 bits per heavy atom. The van der Waals surface area contributed by atoms with Crippen molar-refractivity contribution < 1.29 is 32.3 Å². The molecule has 0 aliphatic rings. The molecule has 0 saturated heterocycles. The van der Waals surface area contributed by atoms with Crippen LogP contribution < -0.4 is 5.48 Å². The lowest BCUT2D eigenvalue weighted by Gasteiger charge is -2.06. The number of hydrogen-bond donors (Lipinski definition) is 1. The Kier molecular flexibility index (Phi) is 7.47. The summed E-state index contributed by atoms with van der Waals surface area (Å²) in [5, 5.41) is 0. The molecular weight excluding hydrogens is 343 g/mol. The molecule has 2 heterocycles. The maximum Gasteiger partial charge on any atom is 0.433 e. The molecule has 2 aromatic heterocycles. The van der Waals surface area contributed by atoms with E-state index in [9.17, 15) is 22.8 Å². The summed E-state index contributed by atoms with van der Waals surface area (Å²) in [6.07, 6.45) is -0.605. The van der Waals surface area contributed by atoms with Crippen molar-refractivity contribution in [2.24, 2.45) is 0 Å². The Morgan fingerprint density at radius 2 is 1.80 bits per heavy atom. The number of halogens is 3. The number of ether oxygens (including phenoxy) is 1. The number of carbonyl (C=O) groups excluding carboxylic acids is 2. The number of methoxy groups -OCH3 is 1. The first kappa shape index (κ1) is 20.0. The van der Waals surface area contributed by atoms with E-state index in [0.29, 0.717) is 5.56 Å². The van der Waals surface area contributed by atoms with Crippen LogP contribution in [0.1, 0.15) is 26.4 Å². The summed E-state index contributed by atoms with van der Waals surface area (Å²) in [5.41, 5.74) is 1.38. The van der Waals surface area contributed by atoms with Crippen molar-refractivity contribution in [3.63, 3.8) is 0 Å². The number of aromatic nitrogens is 2. The van der Waals surface area contributed by atoms with Crippen LogP contribution in [0.4, 0.5) is 13.2 Å². The van der Waals surface area contributed by atoms with E-state index in [1.165, 1.54) is 20.4 Å². The van der Waals surface area contributed by atoms with Gasteiger partial charge in [-0.1, -0.05) is 0 Å². The number of rotatable bonds is 3. The van der Waals surface area contributed by atoms with Gasteiger partial charge in [-0.2, -0.15) is 13.2 Å². The summed E-state index contributed by atoms with van der Waals surface area (Å²) in [4.78, 5) is 33.0. The summed E-state index contributed by atoms with van der Waals surface area (Å²) in [6, 6.07) is 5.08. The van der Waals surface area contributed by atoms with Gasteiger partial charge in [0.15, 0.2) is 0 Å². The third-order valence-corrected chi connectivity index (χ3v) is 2.59. The second-order valence-electron chi connectivity index (χ2n) is 4.30. The maximum absolute atomic E-state index is 12.1. The average molecular weight is 357 g/mol. The predicted molar refractivity (Wildman–Crippen MR) is 79.3 cm³/mol. The zero-order chi connectivity index (χ0) is 18.9. The zero-order valence-corrected chi connectivity index (χ0v) is 13.2. The number of hydroxylamine groups is 1. The molecular formula is C15H14F3N3O4. The fourth-order valence-electron chi connectivity index (χ4n) is 1.45. The summed E-state index contributed by atoms with van der Waals surface area (Å²) in [7, 11) is 2.56. The van der Waals surface area contributed by atoms with Crippen LogP contribution in [0.25, 0.3) is 0 Å². The van der Waals surface area contributed by atoms with Crippen LogP contribution in [0, 0.1) is 0 Å². The van der Waals surface area contributed by atoms with E-state index in [1.807, 2.05) is 5.48 Å². The third-order valence-electron chi connectivity index (χ3n) is 2.59. The number of nitrogens with one attached hydrogen (secondary N) is 1. The average Bonchev–Trinajstić information content (AvgIpc) is 2.62. The van der Waals surface area contributed by atoms with Crippen LogP contribution in [-0.2, 0) is 15.8 Å². The van der Waals surface area contributed by atoms with Crippen LogP contribution in [0.5, 0.6) is 0 Å². The van der Waals surface area contributed by atoms with Crippen molar-refractivity contribution in [2.75, 3.05) is 14.2 Å². The Labute approximate surface area is 140 Å². The van der Waals surface area contributed by atoms with Crippen LogP contribution in [0.2, 0.25) is 0 Å². The summed E-state index contributed by atoms with van der Waals surface area (Å²) >= 11 is 0. The molecule has 25 heavy (non-hydrogen) atoms. The van der Waals surface area contributed by atoms with Crippen molar-refractivity contribution in [2.45, 2.75) is 6.18 Å². The molecule has 0 spiro atoms. The molecule has 2 rings (SSSR count). The van der Waals surface area contributed by atoms with Crippen LogP contribution in [-0.4, -0.2) is 36.1 Å². The molecule has 0 radical (unpaired) electrons. The Balaban J connectivity index is 0.000000271. The lowest BCUT2D eigenvalue weighted by atomic mass is 10.2. The number of hydrogen-bond acceptors (Lipinski definition) is 6. The van der Waals surface area contributed by atoms with E-state index in [1.54, 1.807) is 18.3 Å². The highest BCUT2D eigenvalue weighted by molar-refractivity contribution is 5.93. The molecule has 0 unspecified atom stereocenters. The molecule has 0 saturated carbocycles. The Bertz CT molecular complexity index is 691. The molecule has 0 aromatic carbocycles. The molecule has 7 nitrogen and oxygen atoms in total. The minimum atomic E-state index is -4.50. The zero-order valence-electron chi connectivity index (χ0n) is 13.2. The number of pyridine rings is 2. The van der Waals surface area contributed by atoms with E-state index in [4.69, 9.17) is 0 Å². The SMILES string of the molecule is COC(=O)c1cccnc1.CONC(=O)c1ccc(C(F)(F)F)nc1. The highest BCUT2D eigenvalue weighted by Gasteiger charge is 2.32. The molecule has 10 heteroatoms. The van der Waals surface area contributed by atoms with Crippen molar-refractivity contribution in [1.82, 2.24) is 15.4 Å². The fourth-order valence-corrected chi connectivity index (χ4v) is 1.45. The first-order valence-electron chi connectivity index (χ1n) is 6.64. The summed E-state index contributed by atoms with van der Waals surface area (Å²) in [5.74, 6) is -1.01. The van der Waals surface area contributed by atoms with Crippen LogP contribution >= 0.6 is 0 Å². The highest BCUT2D eigenvalue weighted by Crippen LogP contribution is 2.27. The van der Waals surface area contributed by atoms with Crippen LogP contribution in [0.3, 0.4) is 0 Å². The molecule has 0 fully saturated rings. The van der Waals surface area contributed by atoms with Gasteiger partial charge in [-0.3, -0.25) is 19.6 Å². The van der Waals surface area contributed by atoms with Gasteiger partial charge < -0.3 is 4.74 Å². The smallest absolute Gasteiger partial charge is 0.433 e. The van der Waals surface area contributed by atoms with E-state index in [-0.39, 0.29) is 11.5 Å². The molecule has 134 valence electrons. The highest BCUT2D eigenvalue weighted by atomic mass is 19.4. The van der Waals surface area contributed by atoms with Gasteiger partial charge in [0, 0.05) is 18.6 Å². The van der Waals surface area contributed by atoms with Crippen molar-refractivity contribution in [3.8, 4) is 0 Å². The summed E-state index contributed by atoms with van der Waals surface area (Å²) in [6.45, 7) is 0. The van der Waals surface area contributed by atoms with Gasteiger partial charge >= 0.3 is 12.1 Å². The Morgan fingerprint density at radius 3 is 2.24 bits per heavy atom. The first-order chi connectivity index (χ1) is 11.8. The standard InChI is InChI=1S/C8H7F3N2O2.C7H7NO2/c1-15-13-7(14)5-2-3-6(12-4-5)8(9,10)11;1-10-7(9)6-3-2-4-8-5-6/h2-4H,1H3,(H,13,14);2-5H,1H3.